The van der Waals surface area contributed by atoms with Gasteiger partial charge in [-0.3, -0.25) is 4.79 Å². The lowest BCUT2D eigenvalue weighted by molar-refractivity contribution is -0.135. The van der Waals surface area contributed by atoms with E-state index in [9.17, 15) is 4.79 Å². The van der Waals surface area contributed by atoms with Crippen LogP contribution < -0.4 is 5.73 Å². The predicted octanol–water partition coefficient (Wildman–Crippen LogP) is 2.49. The first kappa shape index (κ1) is 15.7. The van der Waals surface area contributed by atoms with E-state index in [2.05, 4.69) is 32.0 Å². The van der Waals surface area contributed by atoms with Crippen LogP contribution in [0.15, 0.2) is 18.2 Å². The monoisotopic (exact) mass is 262 g/mol. The number of nitrogens with two attached hydrogens (primary N) is 1. The highest BCUT2D eigenvalue weighted by Crippen LogP contribution is 2.16. The quantitative estimate of drug-likeness (QED) is 0.886. The smallest absolute Gasteiger partial charge is 0.227 e. The van der Waals surface area contributed by atoms with Crippen LogP contribution in [0.1, 0.15) is 30.5 Å². The van der Waals surface area contributed by atoms with Crippen molar-refractivity contribution in [1.82, 2.24) is 4.90 Å². The zero-order chi connectivity index (χ0) is 14.6. The summed E-state index contributed by atoms with van der Waals surface area (Å²) >= 11 is 0. The van der Waals surface area contributed by atoms with E-state index in [1.165, 1.54) is 16.7 Å². The van der Waals surface area contributed by atoms with Gasteiger partial charge in [0.2, 0.25) is 5.91 Å². The fourth-order valence-corrected chi connectivity index (χ4v) is 2.19. The van der Waals surface area contributed by atoms with E-state index in [0.717, 1.165) is 0 Å². The number of carbonyl (C=O) groups is 1. The van der Waals surface area contributed by atoms with E-state index in [1.807, 2.05) is 20.9 Å². The zero-order valence-corrected chi connectivity index (χ0v) is 12.7. The van der Waals surface area contributed by atoms with Crippen LogP contribution in [0.3, 0.4) is 0 Å². The summed E-state index contributed by atoms with van der Waals surface area (Å²) < 4.78 is 0. The van der Waals surface area contributed by atoms with Crippen molar-refractivity contribution in [2.75, 3.05) is 13.6 Å². The molecule has 0 aliphatic rings. The first-order valence-corrected chi connectivity index (χ1v) is 6.88. The number of carbonyl (C=O) groups excluding carboxylic acids is 1. The number of hydrogen-bond donors (Lipinski definition) is 1. The molecule has 0 saturated carbocycles. The molecule has 1 aromatic carbocycles. The maximum Gasteiger partial charge on any atom is 0.227 e. The van der Waals surface area contributed by atoms with Gasteiger partial charge in [-0.2, -0.15) is 0 Å². The summed E-state index contributed by atoms with van der Waals surface area (Å²) in [5.41, 5.74) is 9.41. The van der Waals surface area contributed by atoms with Gasteiger partial charge in [0, 0.05) is 20.1 Å². The summed E-state index contributed by atoms with van der Waals surface area (Å²) in [5.74, 6) is 0.326. The molecule has 0 heterocycles. The lowest BCUT2D eigenvalue weighted by Gasteiger charge is -2.25. The molecule has 0 aliphatic carbocycles. The Morgan fingerprint density at radius 3 is 2.37 bits per heavy atom. The Morgan fingerprint density at radius 2 is 1.89 bits per heavy atom. The van der Waals surface area contributed by atoms with E-state index in [4.69, 9.17) is 5.73 Å². The second-order valence-electron chi connectivity index (χ2n) is 5.70. The van der Waals surface area contributed by atoms with Crippen molar-refractivity contribution in [2.24, 2.45) is 17.6 Å². The molecule has 1 amide bonds. The van der Waals surface area contributed by atoms with E-state index in [1.54, 1.807) is 4.90 Å². The Morgan fingerprint density at radius 1 is 1.26 bits per heavy atom. The average Bonchev–Trinajstić information content (AvgIpc) is 2.34. The Balaban J connectivity index is 2.75. The molecule has 3 nitrogen and oxygen atoms in total. The third-order valence-corrected chi connectivity index (χ3v) is 3.74. The number of rotatable bonds is 5. The fourth-order valence-electron chi connectivity index (χ4n) is 2.19. The molecular formula is C16H26N2O. The molecule has 1 atom stereocenters. The highest BCUT2D eigenvalue weighted by atomic mass is 16.2. The van der Waals surface area contributed by atoms with Crippen LogP contribution in [0.2, 0.25) is 0 Å². The summed E-state index contributed by atoms with van der Waals surface area (Å²) in [5, 5.41) is 0. The van der Waals surface area contributed by atoms with Crippen molar-refractivity contribution in [3.8, 4) is 0 Å². The minimum atomic E-state index is -0.0865. The Labute approximate surface area is 116 Å². The SMILES string of the molecule is Cc1ccc(CN(C)C(=O)C(CN)C(C)C)cc1C. The van der Waals surface area contributed by atoms with Gasteiger partial charge in [-0.15, -0.1) is 0 Å². The number of benzene rings is 1. The lowest BCUT2D eigenvalue weighted by atomic mass is 9.94. The molecule has 3 heteroatoms. The van der Waals surface area contributed by atoms with Crippen molar-refractivity contribution in [3.63, 3.8) is 0 Å². The average molecular weight is 262 g/mol. The van der Waals surface area contributed by atoms with Crippen molar-refractivity contribution in [2.45, 2.75) is 34.2 Å². The number of nitrogens with zero attached hydrogens (tertiary/aromatic N) is 1. The molecule has 1 rings (SSSR count). The molecule has 106 valence electrons. The van der Waals surface area contributed by atoms with E-state index in [0.29, 0.717) is 13.1 Å². The largest absolute Gasteiger partial charge is 0.341 e. The molecule has 1 unspecified atom stereocenters. The van der Waals surface area contributed by atoms with Crippen LogP contribution in [-0.4, -0.2) is 24.4 Å². The van der Waals surface area contributed by atoms with Gasteiger partial charge in [-0.05, 0) is 36.5 Å². The maximum absolute atomic E-state index is 12.3. The van der Waals surface area contributed by atoms with Crippen molar-refractivity contribution in [1.29, 1.82) is 0 Å². The fraction of sp³-hybridized carbons (Fsp3) is 0.562. The van der Waals surface area contributed by atoms with Crippen LogP contribution >= 0.6 is 0 Å². The molecule has 0 fully saturated rings. The van der Waals surface area contributed by atoms with Gasteiger partial charge in [0.15, 0.2) is 0 Å². The molecule has 2 N–H and O–H groups in total. The third-order valence-electron chi connectivity index (χ3n) is 3.74. The van der Waals surface area contributed by atoms with E-state index in [-0.39, 0.29) is 17.7 Å². The van der Waals surface area contributed by atoms with Gasteiger partial charge in [0.25, 0.3) is 0 Å². The molecule has 0 saturated heterocycles. The Hall–Kier alpha value is -1.35. The molecule has 0 bridgehead atoms. The van der Waals surface area contributed by atoms with Crippen LogP contribution in [0, 0.1) is 25.7 Å². The third kappa shape index (κ3) is 4.06. The molecule has 0 aliphatic heterocycles. The summed E-state index contributed by atoms with van der Waals surface area (Å²) in [6.07, 6.45) is 0. The van der Waals surface area contributed by atoms with Crippen molar-refractivity contribution >= 4 is 5.91 Å². The zero-order valence-electron chi connectivity index (χ0n) is 12.7. The predicted molar refractivity (Wildman–Crippen MR) is 79.8 cm³/mol. The number of amides is 1. The highest BCUT2D eigenvalue weighted by molar-refractivity contribution is 5.79. The lowest BCUT2D eigenvalue weighted by Crippen LogP contribution is -2.38. The Bertz CT molecular complexity index is 440. The van der Waals surface area contributed by atoms with Gasteiger partial charge in [-0.1, -0.05) is 32.0 Å². The summed E-state index contributed by atoms with van der Waals surface area (Å²) in [7, 11) is 1.85. The second kappa shape index (κ2) is 6.71. The van der Waals surface area contributed by atoms with Gasteiger partial charge < -0.3 is 10.6 Å². The van der Waals surface area contributed by atoms with E-state index < -0.39 is 0 Å². The molecule has 19 heavy (non-hydrogen) atoms. The van der Waals surface area contributed by atoms with Gasteiger partial charge in [0.05, 0.1) is 5.92 Å². The molecule has 0 spiro atoms. The van der Waals surface area contributed by atoms with Crippen molar-refractivity contribution < 1.29 is 4.79 Å². The first-order chi connectivity index (χ1) is 8.86. The second-order valence-corrected chi connectivity index (χ2v) is 5.70. The van der Waals surface area contributed by atoms with Gasteiger partial charge >= 0.3 is 0 Å². The number of aryl methyl sites for hydroxylation is 2. The number of hydrogen-bond acceptors (Lipinski definition) is 2. The summed E-state index contributed by atoms with van der Waals surface area (Å²) in [6, 6.07) is 6.33. The summed E-state index contributed by atoms with van der Waals surface area (Å²) in [4.78, 5) is 14.1. The molecule has 0 radical (unpaired) electrons. The first-order valence-electron chi connectivity index (χ1n) is 6.88. The van der Waals surface area contributed by atoms with Gasteiger partial charge in [0.1, 0.15) is 0 Å². The maximum atomic E-state index is 12.3. The van der Waals surface area contributed by atoms with Crippen LogP contribution in [-0.2, 0) is 11.3 Å². The Kier molecular flexibility index (Phi) is 5.55. The van der Waals surface area contributed by atoms with Crippen LogP contribution in [0.5, 0.6) is 0 Å². The molecule has 1 aromatic rings. The normalized spacial score (nSPS) is 12.6. The van der Waals surface area contributed by atoms with Crippen molar-refractivity contribution in [3.05, 3.63) is 34.9 Å². The van der Waals surface area contributed by atoms with Crippen LogP contribution in [0.25, 0.3) is 0 Å². The van der Waals surface area contributed by atoms with Crippen LogP contribution in [0.4, 0.5) is 0 Å². The van der Waals surface area contributed by atoms with Gasteiger partial charge in [-0.25, -0.2) is 0 Å². The summed E-state index contributed by atoms with van der Waals surface area (Å²) in [6.45, 7) is 9.32. The highest BCUT2D eigenvalue weighted by Gasteiger charge is 2.23. The standard InChI is InChI=1S/C16H26N2O/c1-11(2)15(9-17)16(19)18(5)10-14-7-6-12(3)13(4)8-14/h6-8,11,15H,9-10,17H2,1-5H3. The minimum Gasteiger partial charge on any atom is -0.341 e. The van der Waals surface area contributed by atoms with E-state index >= 15 is 0 Å². The minimum absolute atomic E-state index is 0.0865. The molecular weight excluding hydrogens is 236 g/mol. The molecule has 0 aromatic heterocycles. The topological polar surface area (TPSA) is 46.3 Å².